The van der Waals surface area contributed by atoms with E-state index in [4.69, 9.17) is 4.74 Å². The third-order valence-corrected chi connectivity index (χ3v) is 6.85. The molecule has 0 amide bonds. The Bertz CT molecular complexity index is 1190. The van der Waals surface area contributed by atoms with Crippen LogP contribution in [0.5, 0.6) is 5.75 Å². The van der Waals surface area contributed by atoms with Crippen molar-refractivity contribution < 1.29 is 13.5 Å². The van der Waals surface area contributed by atoms with Crippen LogP contribution in [0.4, 0.5) is 26.1 Å². The Morgan fingerprint density at radius 3 is 2.65 bits per heavy atom. The number of fused-ring (bicyclic) bond motifs is 1. The lowest BCUT2D eigenvalue weighted by Crippen LogP contribution is -2.38. The van der Waals surface area contributed by atoms with Gasteiger partial charge in [0.1, 0.15) is 12.4 Å². The second-order valence-electron chi connectivity index (χ2n) is 9.35. The summed E-state index contributed by atoms with van der Waals surface area (Å²) in [7, 11) is 1.86. The molecule has 5 rings (SSSR count). The highest BCUT2D eigenvalue weighted by Gasteiger charge is 2.25. The number of ether oxygens (including phenoxy) is 1. The first-order chi connectivity index (χ1) is 16.4. The number of piperidine rings is 1. The molecule has 3 heterocycles. The van der Waals surface area contributed by atoms with E-state index in [9.17, 15) is 8.78 Å². The molecule has 0 bridgehead atoms. The molecule has 0 saturated carbocycles. The normalized spacial score (nSPS) is 16.5. The van der Waals surface area contributed by atoms with Crippen molar-refractivity contribution in [2.45, 2.75) is 38.6 Å². The van der Waals surface area contributed by atoms with E-state index in [1.807, 2.05) is 29.8 Å². The van der Waals surface area contributed by atoms with Crippen LogP contribution in [-0.4, -0.2) is 41.8 Å². The van der Waals surface area contributed by atoms with E-state index in [0.29, 0.717) is 36.1 Å². The van der Waals surface area contributed by atoms with Crippen LogP contribution in [0.1, 0.15) is 38.2 Å². The van der Waals surface area contributed by atoms with Crippen LogP contribution in [0.15, 0.2) is 36.5 Å². The van der Waals surface area contributed by atoms with Crippen molar-refractivity contribution in [2.75, 3.05) is 36.5 Å². The molecule has 1 aromatic heterocycles. The maximum absolute atomic E-state index is 14.9. The van der Waals surface area contributed by atoms with Crippen LogP contribution in [0.25, 0.3) is 11.3 Å². The predicted octanol–water partition coefficient (Wildman–Crippen LogP) is 5.18. The van der Waals surface area contributed by atoms with Gasteiger partial charge in [-0.05, 0) is 75.5 Å². The molecule has 2 N–H and O–H groups in total. The van der Waals surface area contributed by atoms with E-state index in [1.165, 1.54) is 12.1 Å². The molecule has 3 aromatic rings. The summed E-state index contributed by atoms with van der Waals surface area (Å²) in [6.07, 6.45) is 3.60. The molecule has 0 atom stereocenters. The number of nitrogens with zero attached hydrogens (tertiary/aromatic N) is 3. The van der Waals surface area contributed by atoms with E-state index in [1.54, 1.807) is 6.20 Å². The first-order valence-electron chi connectivity index (χ1n) is 11.9. The van der Waals surface area contributed by atoms with Crippen LogP contribution in [0.3, 0.4) is 0 Å². The van der Waals surface area contributed by atoms with Gasteiger partial charge in [0.15, 0.2) is 11.6 Å². The van der Waals surface area contributed by atoms with Gasteiger partial charge in [0.2, 0.25) is 5.95 Å². The third kappa shape index (κ3) is 4.22. The molecule has 180 valence electrons. The highest BCUT2D eigenvalue weighted by molar-refractivity contribution is 5.73. The minimum atomic E-state index is -0.385. The number of benzene rings is 2. The maximum Gasteiger partial charge on any atom is 0.207 e. The number of hydrogen-bond donors (Lipinski definition) is 2. The molecule has 34 heavy (non-hydrogen) atoms. The lowest BCUT2D eigenvalue weighted by molar-refractivity contribution is 0.287. The summed E-state index contributed by atoms with van der Waals surface area (Å²) in [5.41, 5.74) is 3.62. The van der Waals surface area contributed by atoms with Crippen molar-refractivity contribution in [3.05, 3.63) is 53.7 Å². The smallest absolute Gasteiger partial charge is 0.207 e. The number of aromatic nitrogens is 2. The largest absolute Gasteiger partial charge is 0.486 e. The lowest BCUT2D eigenvalue weighted by Gasteiger charge is -2.34. The predicted molar refractivity (Wildman–Crippen MR) is 131 cm³/mol. The fraction of sp³-hybridized carbons (Fsp3) is 0.423. The topological polar surface area (TPSA) is 54.4 Å². The van der Waals surface area contributed by atoms with Crippen molar-refractivity contribution in [3.63, 3.8) is 0 Å². The van der Waals surface area contributed by atoms with E-state index in [2.05, 4.69) is 34.4 Å². The first-order valence-corrected chi connectivity index (χ1v) is 11.9. The van der Waals surface area contributed by atoms with Crippen molar-refractivity contribution in [1.29, 1.82) is 0 Å². The summed E-state index contributed by atoms with van der Waals surface area (Å²) >= 11 is 0. The molecule has 0 unspecified atom stereocenters. The highest BCUT2D eigenvalue weighted by atomic mass is 19.1. The molecule has 1 saturated heterocycles. The zero-order chi connectivity index (χ0) is 23.8. The van der Waals surface area contributed by atoms with Gasteiger partial charge in [-0.25, -0.2) is 13.8 Å². The molecule has 6 nitrogen and oxygen atoms in total. The average Bonchev–Trinajstić information content (AvgIpc) is 3.19. The maximum atomic E-state index is 14.9. The fourth-order valence-electron chi connectivity index (χ4n) is 4.98. The summed E-state index contributed by atoms with van der Waals surface area (Å²) < 4.78 is 37.3. The Morgan fingerprint density at radius 2 is 1.91 bits per heavy atom. The van der Waals surface area contributed by atoms with Crippen LogP contribution >= 0.6 is 0 Å². The molecule has 2 aliphatic heterocycles. The molecule has 0 radical (unpaired) electrons. The quantitative estimate of drug-likeness (QED) is 0.541. The molecule has 8 heteroatoms. The van der Waals surface area contributed by atoms with E-state index in [0.717, 1.165) is 42.9 Å². The molecular formula is C26H31F2N5O. The minimum absolute atomic E-state index is 0.197. The zero-order valence-electron chi connectivity index (χ0n) is 19.9. The number of rotatable bonds is 5. The molecule has 2 aromatic carbocycles. The Hall–Kier alpha value is -3.13. The lowest BCUT2D eigenvalue weighted by atomic mass is 9.90. The summed E-state index contributed by atoms with van der Waals surface area (Å²) in [5, 5.41) is 6.53. The van der Waals surface area contributed by atoms with Gasteiger partial charge in [-0.2, -0.15) is 0 Å². The molecule has 0 aliphatic carbocycles. The summed E-state index contributed by atoms with van der Waals surface area (Å²) in [6.45, 7) is 7.19. The minimum Gasteiger partial charge on any atom is -0.486 e. The van der Waals surface area contributed by atoms with Crippen LogP contribution < -0.4 is 20.3 Å². The van der Waals surface area contributed by atoms with Crippen molar-refractivity contribution >= 4 is 17.3 Å². The van der Waals surface area contributed by atoms with Gasteiger partial charge in [0.25, 0.3) is 0 Å². The second kappa shape index (κ2) is 9.25. The Balaban J connectivity index is 1.41. The Kier molecular flexibility index (Phi) is 6.16. The van der Waals surface area contributed by atoms with Gasteiger partial charge in [-0.1, -0.05) is 6.07 Å². The van der Waals surface area contributed by atoms with E-state index in [-0.39, 0.29) is 23.6 Å². The molecular weight excluding hydrogens is 436 g/mol. The van der Waals surface area contributed by atoms with Crippen LogP contribution in [0, 0.1) is 11.6 Å². The van der Waals surface area contributed by atoms with Gasteiger partial charge in [-0.15, -0.1) is 0 Å². The monoisotopic (exact) mass is 467 g/mol. The van der Waals surface area contributed by atoms with Crippen LogP contribution in [0.2, 0.25) is 0 Å². The van der Waals surface area contributed by atoms with Crippen LogP contribution in [-0.2, 0) is 7.05 Å². The Labute approximate surface area is 198 Å². The Morgan fingerprint density at radius 1 is 1.12 bits per heavy atom. The molecule has 2 aliphatic rings. The van der Waals surface area contributed by atoms with Crippen molar-refractivity contribution in [3.8, 4) is 17.0 Å². The number of nitrogens with one attached hydrogen (secondary N) is 2. The highest BCUT2D eigenvalue weighted by Crippen LogP contribution is 2.39. The fourth-order valence-corrected chi connectivity index (χ4v) is 4.98. The van der Waals surface area contributed by atoms with Crippen molar-refractivity contribution in [2.24, 2.45) is 7.05 Å². The van der Waals surface area contributed by atoms with Gasteiger partial charge < -0.3 is 24.8 Å². The third-order valence-electron chi connectivity index (χ3n) is 6.85. The van der Waals surface area contributed by atoms with E-state index >= 15 is 0 Å². The van der Waals surface area contributed by atoms with Gasteiger partial charge in [0, 0.05) is 24.3 Å². The number of anilines is 3. The molecule has 0 spiro atoms. The number of halogens is 2. The van der Waals surface area contributed by atoms with Gasteiger partial charge in [0.05, 0.1) is 24.1 Å². The molecule has 1 fully saturated rings. The number of imidazole rings is 1. The SMILES string of the molecule is CC(C)N1CCOc2c(F)cc(-c3cnc(Nc4ccc(C5CCNCC5)c(F)c4)n3C)cc21. The van der Waals surface area contributed by atoms with Gasteiger partial charge >= 0.3 is 0 Å². The summed E-state index contributed by atoms with van der Waals surface area (Å²) in [6, 6.07) is 8.95. The summed E-state index contributed by atoms with van der Waals surface area (Å²) in [5.74, 6) is 0.525. The average molecular weight is 468 g/mol. The number of hydrogen-bond acceptors (Lipinski definition) is 5. The zero-order valence-corrected chi connectivity index (χ0v) is 19.9. The standard InChI is InChI=1S/C26H31F2N5O/c1-16(2)33-10-11-34-25-22(28)12-18(13-23(25)33)24-15-30-26(32(24)3)31-19-4-5-20(21(27)14-19)17-6-8-29-9-7-17/h4-5,12-17,29H,6-11H2,1-3H3,(H,30,31). The van der Waals surface area contributed by atoms with Gasteiger partial charge in [-0.3, -0.25) is 0 Å². The first kappa shape index (κ1) is 22.7. The van der Waals surface area contributed by atoms with Crippen molar-refractivity contribution in [1.82, 2.24) is 14.9 Å². The van der Waals surface area contributed by atoms with E-state index < -0.39 is 0 Å². The summed E-state index contributed by atoms with van der Waals surface area (Å²) in [4.78, 5) is 6.63. The second-order valence-corrected chi connectivity index (χ2v) is 9.35.